The third-order valence-corrected chi connectivity index (χ3v) is 4.89. The van der Waals surface area contributed by atoms with Gasteiger partial charge in [-0.15, -0.1) is 0 Å². The molecule has 0 fully saturated rings. The molecule has 1 aliphatic rings. The molecule has 3 aromatic rings. The average molecular weight is 397 g/mol. The van der Waals surface area contributed by atoms with Gasteiger partial charge in [-0.2, -0.15) is 13.2 Å². The molecule has 0 aliphatic carbocycles. The number of hydrogen-bond acceptors (Lipinski definition) is 2. The van der Waals surface area contributed by atoms with E-state index in [-0.39, 0.29) is 19.1 Å². The van der Waals surface area contributed by atoms with Gasteiger partial charge in [-0.25, -0.2) is 0 Å². The van der Waals surface area contributed by atoms with Crippen LogP contribution in [0.15, 0.2) is 72.8 Å². The number of fused-ring (bicyclic) bond motifs is 1. The van der Waals surface area contributed by atoms with E-state index in [2.05, 4.69) is 0 Å². The van der Waals surface area contributed by atoms with Crippen molar-refractivity contribution in [1.82, 2.24) is 4.90 Å². The zero-order chi connectivity index (χ0) is 20.4. The number of rotatable bonds is 2. The largest absolute Gasteiger partial charge is 0.491 e. The first kappa shape index (κ1) is 19.1. The van der Waals surface area contributed by atoms with Gasteiger partial charge in [-0.1, -0.05) is 42.5 Å². The Morgan fingerprint density at radius 3 is 2.28 bits per heavy atom. The summed E-state index contributed by atoms with van der Waals surface area (Å²) in [6.45, 7) is 0.597. The number of ether oxygens (including phenoxy) is 1. The predicted octanol–water partition coefficient (Wildman–Crippen LogP) is 5.41. The van der Waals surface area contributed by atoms with E-state index in [9.17, 15) is 18.0 Å². The zero-order valence-corrected chi connectivity index (χ0v) is 15.4. The van der Waals surface area contributed by atoms with E-state index in [1.165, 1.54) is 11.0 Å². The molecule has 0 N–H and O–H groups in total. The molecular weight excluding hydrogens is 379 g/mol. The minimum Gasteiger partial charge on any atom is -0.491 e. The van der Waals surface area contributed by atoms with Gasteiger partial charge in [-0.3, -0.25) is 4.79 Å². The first-order valence-corrected chi connectivity index (χ1v) is 9.19. The van der Waals surface area contributed by atoms with Gasteiger partial charge >= 0.3 is 6.18 Å². The number of carbonyl (C=O) groups is 1. The van der Waals surface area contributed by atoms with Crippen molar-refractivity contribution in [3.05, 3.63) is 89.5 Å². The van der Waals surface area contributed by atoms with Gasteiger partial charge in [0.25, 0.3) is 5.91 Å². The summed E-state index contributed by atoms with van der Waals surface area (Å²) in [5, 5.41) is 0. The molecule has 6 heteroatoms. The fraction of sp³-hybridized carbons (Fsp3) is 0.174. The highest BCUT2D eigenvalue weighted by Crippen LogP contribution is 2.34. The quantitative estimate of drug-likeness (QED) is 0.579. The molecule has 148 valence electrons. The van der Waals surface area contributed by atoms with Gasteiger partial charge in [0.1, 0.15) is 12.4 Å². The van der Waals surface area contributed by atoms with Crippen molar-refractivity contribution in [3.8, 4) is 16.9 Å². The summed E-state index contributed by atoms with van der Waals surface area (Å²) < 4.78 is 44.7. The molecule has 3 aromatic carbocycles. The minimum atomic E-state index is -4.44. The van der Waals surface area contributed by atoms with Crippen molar-refractivity contribution < 1.29 is 22.7 Å². The van der Waals surface area contributed by atoms with Gasteiger partial charge in [-0.05, 0) is 41.5 Å². The standard InChI is InChI=1S/C23H18F3NO2/c24-23(25,26)20-10-11-21-19(14-20)15-27(12-13-29-21)22(28)18-8-6-17(7-9-18)16-4-2-1-3-5-16/h1-11,14H,12-13,15H2. The highest BCUT2D eigenvalue weighted by Gasteiger charge is 2.32. The Kier molecular flexibility index (Phi) is 5.01. The number of alkyl halides is 3. The molecule has 1 heterocycles. The Balaban J connectivity index is 1.56. The maximum atomic E-state index is 13.0. The van der Waals surface area contributed by atoms with Crippen LogP contribution in [0.1, 0.15) is 21.5 Å². The summed E-state index contributed by atoms with van der Waals surface area (Å²) in [4.78, 5) is 14.5. The van der Waals surface area contributed by atoms with Gasteiger partial charge in [0.15, 0.2) is 0 Å². The van der Waals surface area contributed by atoms with Crippen LogP contribution in [-0.4, -0.2) is 24.0 Å². The molecule has 0 aromatic heterocycles. The summed E-state index contributed by atoms with van der Waals surface area (Å²) in [7, 11) is 0. The highest BCUT2D eigenvalue weighted by atomic mass is 19.4. The van der Waals surface area contributed by atoms with Crippen molar-refractivity contribution >= 4 is 5.91 Å². The smallest absolute Gasteiger partial charge is 0.416 e. The number of hydrogen-bond donors (Lipinski definition) is 0. The highest BCUT2D eigenvalue weighted by molar-refractivity contribution is 5.94. The summed E-state index contributed by atoms with van der Waals surface area (Å²) in [5.74, 6) is 0.145. The number of halogens is 3. The molecule has 0 saturated heterocycles. The van der Waals surface area contributed by atoms with Gasteiger partial charge < -0.3 is 9.64 Å². The lowest BCUT2D eigenvalue weighted by atomic mass is 10.0. The van der Waals surface area contributed by atoms with Crippen molar-refractivity contribution in [3.63, 3.8) is 0 Å². The van der Waals surface area contributed by atoms with Gasteiger partial charge in [0, 0.05) is 17.7 Å². The van der Waals surface area contributed by atoms with Crippen LogP contribution in [0.4, 0.5) is 13.2 Å². The second-order valence-corrected chi connectivity index (χ2v) is 6.84. The van der Waals surface area contributed by atoms with Crippen LogP contribution in [0.3, 0.4) is 0 Å². The minimum absolute atomic E-state index is 0.0680. The second-order valence-electron chi connectivity index (χ2n) is 6.84. The maximum absolute atomic E-state index is 13.0. The lowest BCUT2D eigenvalue weighted by Crippen LogP contribution is -2.32. The van der Waals surface area contributed by atoms with Gasteiger partial charge in [0.05, 0.1) is 12.1 Å². The molecule has 0 spiro atoms. The first-order chi connectivity index (χ1) is 13.9. The van der Waals surface area contributed by atoms with E-state index in [4.69, 9.17) is 4.74 Å². The molecule has 0 radical (unpaired) electrons. The van der Waals surface area contributed by atoms with E-state index in [0.717, 1.165) is 23.3 Å². The first-order valence-electron chi connectivity index (χ1n) is 9.19. The van der Waals surface area contributed by atoms with Crippen LogP contribution in [0, 0.1) is 0 Å². The van der Waals surface area contributed by atoms with Crippen molar-refractivity contribution in [2.24, 2.45) is 0 Å². The number of nitrogens with zero attached hydrogens (tertiary/aromatic N) is 1. The van der Waals surface area contributed by atoms with E-state index in [0.29, 0.717) is 23.4 Å². The number of benzene rings is 3. The molecule has 1 aliphatic heterocycles. The van der Waals surface area contributed by atoms with Crippen LogP contribution in [0.25, 0.3) is 11.1 Å². The SMILES string of the molecule is O=C(c1ccc(-c2ccccc2)cc1)N1CCOc2ccc(C(F)(F)F)cc2C1. The summed E-state index contributed by atoms with van der Waals surface area (Å²) in [6.07, 6.45) is -4.44. The second kappa shape index (κ2) is 7.62. The van der Waals surface area contributed by atoms with E-state index in [1.807, 2.05) is 42.5 Å². The maximum Gasteiger partial charge on any atom is 0.416 e. The molecule has 1 amide bonds. The van der Waals surface area contributed by atoms with Gasteiger partial charge in [0.2, 0.25) is 0 Å². The lowest BCUT2D eigenvalue weighted by Gasteiger charge is -2.20. The van der Waals surface area contributed by atoms with Crippen LogP contribution < -0.4 is 4.74 Å². The van der Waals surface area contributed by atoms with Crippen LogP contribution in [-0.2, 0) is 12.7 Å². The summed E-state index contributed by atoms with van der Waals surface area (Å²) in [5.41, 5.74) is 2.12. The number of carbonyl (C=O) groups excluding carboxylic acids is 1. The lowest BCUT2D eigenvalue weighted by molar-refractivity contribution is -0.137. The molecule has 29 heavy (non-hydrogen) atoms. The third-order valence-electron chi connectivity index (χ3n) is 4.89. The summed E-state index contributed by atoms with van der Waals surface area (Å²) >= 11 is 0. The average Bonchev–Trinajstić information content (AvgIpc) is 2.95. The third kappa shape index (κ3) is 4.11. The fourth-order valence-electron chi connectivity index (χ4n) is 3.36. The number of amides is 1. The molecule has 0 unspecified atom stereocenters. The molecule has 4 rings (SSSR count). The van der Waals surface area contributed by atoms with Crippen molar-refractivity contribution in [2.75, 3.05) is 13.2 Å². The molecule has 0 atom stereocenters. The zero-order valence-electron chi connectivity index (χ0n) is 15.4. The fourth-order valence-corrected chi connectivity index (χ4v) is 3.36. The molecule has 0 saturated carbocycles. The van der Waals surface area contributed by atoms with E-state index < -0.39 is 11.7 Å². The Morgan fingerprint density at radius 2 is 1.59 bits per heavy atom. The normalized spacial score (nSPS) is 14.0. The van der Waals surface area contributed by atoms with E-state index in [1.54, 1.807) is 12.1 Å². The van der Waals surface area contributed by atoms with Crippen LogP contribution in [0.2, 0.25) is 0 Å². The Bertz CT molecular complexity index is 1010. The van der Waals surface area contributed by atoms with E-state index >= 15 is 0 Å². The van der Waals surface area contributed by atoms with Crippen molar-refractivity contribution in [2.45, 2.75) is 12.7 Å². The molecule has 0 bridgehead atoms. The van der Waals surface area contributed by atoms with Crippen LogP contribution >= 0.6 is 0 Å². The predicted molar refractivity (Wildman–Crippen MR) is 104 cm³/mol. The van der Waals surface area contributed by atoms with Crippen molar-refractivity contribution in [1.29, 1.82) is 0 Å². The monoisotopic (exact) mass is 397 g/mol. The topological polar surface area (TPSA) is 29.5 Å². The molecule has 3 nitrogen and oxygen atoms in total. The Hall–Kier alpha value is -3.28. The van der Waals surface area contributed by atoms with Crippen LogP contribution in [0.5, 0.6) is 5.75 Å². The Morgan fingerprint density at radius 1 is 0.897 bits per heavy atom. The Labute approximate surface area is 166 Å². The summed E-state index contributed by atoms with van der Waals surface area (Å²) in [6, 6.07) is 20.4. The molecular formula is C23H18F3NO2.